The molecule has 2 aliphatic rings. The van der Waals surface area contributed by atoms with Crippen LogP contribution in [0.3, 0.4) is 0 Å². The zero-order chi connectivity index (χ0) is 18.6. The molecule has 1 unspecified atom stereocenters. The summed E-state index contributed by atoms with van der Waals surface area (Å²) in [6.45, 7) is 1.79. The molecule has 0 bridgehead atoms. The van der Waals surface area contributed by atoms with Crippen LogP contribution in [0.1, 0.15) is 29.7 Å². The number of nitrogens with zero attached hydrogens (tertiary/aromatic N) is 2. The van der Waals surface area contributed by atoms with Crippen LogP contribution in [0.5, 0.6) is 0 Å². The predicted octanol–water partition coefficient (Wildman–Crippen LogP) is 1.10. The number of aromatic nitrogens is 3. The number of oxazole rings is 1. The summed E-state index contributed by atoms with van der Waals surface area (Å²) in [7, 11) is -3.71. The van der Waals surface area contributed by atoms with Crippen molar-refractivity contribution in [1.82, 2.24) is 19.3 Å². The second kappa shape index (κ2) is 6.04. The molecule has 1 aromatic carbocycles. The van der Waals surface area contributed by atoms with Gasteiger partial charge in [-0.3, -0.25) is 0 Å². The summed E-state index contributed by atoms with van der Waals surface area (Å²) >= 11 is 0. The molecule has 0 radical (unpaired) electrons. The zero-order valence-electron chi connectivity index (χ0n) is 14.4. The van der Waals surface area contributed by atoms with Gasteiger partial charge in [-0.2, -0.15) is 4.31 Å². The van der Waals surface area contributed by atoms with Gasteiger partial charge in [0.2, 0.25) is 10.0 Å². The summed E-state index contributed by atoms with van der Waals surface area (Å²) in [5, 5.41) is 0. The van der Waals surface area contributed by atoms with E-state index in [1.54, 1.807) is 6.07 Å². The minimum atomic E-state index is -3.71. The van der Waals surface area contributed by atoms with Gasteiger partial charge in [0.1, 0.15) is 5.76 Å². The van der Waals surface area contributed by atoms with E-state index in [4.69, 9.17) is 9.15 Å². The molecule has 0 spiro atoms. The average molecular weight is 390 g/mol. The second-order valence-electron chi connectivity index (χ2n) is 6.86. The van der Waals surface area contributed by atoms with Crippen LogP contribution in [-0.2, 0) is 27.7 Å². The van der Waals surface area contributed by atoms with E-state index in [1.165, 1.54) is 16.4 Å². The molecule has 5 rings (SSSR count). The van der Waals surface area contributed by atoms with E-state index in [0.717, 1.165) is 12.2 Å². The molecule has 9 nitrogen and oxygen atoms in total. The van der Waals surface area contributed by atoms with E-state index >= 15 is 0 Å². The fourth-order valence-corrected chi connectivity index (χ4v) is 5.05. The lowest BCUT2D eigenvalue weighted by Crippen LogP contribution is -2.35. The molecule has 0 amide bonds. The Hall–Kier alpha value is -2.43. The van der Waals surface area contributed by atoms with Gasteiger partial charge in [-0.1, -0.05) is 0 Å². The molecule has 3 aromatic rings. The van der Waals surface area contributed by atoms with Crippen LogP contribution in [-0.4, -0.2) is 47.4 Å². The maximum Gasteiger partial charge on any atom is 0.323 e. The maximum absolute atomic E-state index is 13.1. The number of nitrogens with one attached hydrogen (secondary N) is 2. The molecule has 1 atom stereocenters. The quantitative estimate of drug-likeness (QED) is 0.691. The Morgan fingerprint density at radius 1 is 1.22 bits per heavy atom. The minimum Gasteiger partial charge on any atom is -0.445 e. The van der Waals surface area contributed by atoms with Crippen molar-refractivity contribution in [1.29, 1.82) is 0 Å². The molecule has 4 heterocycles. The standard InChI is InChI=1S/C17H18N4O5S/c22-17-19-12-2-1-11(7-13(12)20-17)27(23,24)21-5-3-15-14(8-21)18-16(26-15)10-4-6-25-9-10/h1-2,7,10H,3-6,8-9H2,(H2,19,20,22). The molecule has 1 fully saturated rings. The Labute approximate surface area is 154 Å². The number of sulfonamides is 1. The van der Waals surface area contributed by atoms with Crippen molar-refractivity contribution < 1.29 is 17.6 Å². The number of hydrogen-bond acceptors (Lipinski definition) is 6. The first-order valence-electron chi connectivity index (χ1n) is 8.79. The van der Waals surface area contributed by atoms with E-state index in [1.807, 2.05) is 0 Å². The van der Waals surface area contributed by atoms with Gasteiger partial charge in [0.15, 0.2) is 5.89 Å². The summed E-state index contributed by atoms with van der Waals surface area (Å²) in [4.78, 5) is 21.3. The molecule has 1 saturated heterocycles. The topological polar surface area (TPSA) is 121 Å². The predicted molar refractivity (Wildman–Crippen MR) is 94.9 cm³/mol. The maximum atomic E-state index is 13.1. The Morgan fingerprint density at radius 3 is 2.89 bits per heavy atom. The van der Waals surface area contributed by atoms with Crippen LogP contribution in [0.15, 0.2) is 32.3 Å². The van der Waals surface area contributed by atoms with Crippen molar-refractivity contribution in [2.75, 3.05) is 19.8 Å². The normalized spacial score (nSPS) is 21.0. The van der Waals surface area contributed by atoms with Crippen molar-refractivity contribution in [3.8, 4) is 0 Å². The van der Waals surface area contributed by atoms with Crippen molar-refractivity contribution in [2.45, 2.75) is 30.2 Å². The molecule has 142 valence electrons. The number of H-pyrrole nitrogens is 2. The Kier molecular flexibility index (Phi) is 3.74. The number of aromatic amines is 2. The van der Waals surface area contributed by atoms with Gasteiger partial charge in [-0.05, 0) is 24.6 Å². The summed E-state index contributed by atoms with van der Waals surface area (Å²) in [5.41, 5.74) is 1.33. The number of fused-ring (bicyclic) bond motifs is 2. The lowest BCUT2D eigenvalue weighted by atomic mass is 10.1. The molecule has 2 N–H and O–H groups in total. The second-order valence-corrected chi connectivity index (χ2v) is 8.80. The van der Waals surface area contributed by atoms with Gasteiger partial charge in [-0.15, -0.1) is 0 Å². The molecule has 10 heteroatoms. The van der Waals surface area contributed by atoms with Crippen molar-refractivity contribution in [2.24, 2.45) is 0 Å². The minimum absolute atomic E-state index is 0.140. The van der Waals surface area contributed by atoms with Crippen LogP contribution in [0, 0.1) is 0 Å². The largest absolute Gasteiger partial charge is 0.445 e. The van der Waals surface area contributed by atoms with Crippen LogP contribution in [0.4, 0.5) is 0 Å². The third kappa shape index (κ3) is 2.80. The van der Waals surface area contributed by atoms with Crippen molar-refractivity contribution in [3.63, 3.8) is 0 Å². The molecular formula is C17H18N4O5S. The van der Waals surface area contributed by atoms with Gasteiger partial charge in [0.25, 0.3) is 0 Å². The monoisotopic (exact) mass is 390 g/mol. The third-order valence-electron chi connectivity index (χ3n) is 5.11. The highest BCUT2D eigenvalue weighted by Crippen LogP contribution is 2.31. The number of hydrogen-bond donors (Lipinski definition) is 2. The van der Waals surface area contributed by atoms with E-state index in [2.05, 4.69) is 15.0 Å². The first kappa shape index (κ1) is 16.7. The molecule has 27 heavy (non-hydrogen) atoms. The van der Waals surface area contributed by atoms with Gasteiger partial charge in [-0.25, -0.2) is 18.2 Å². The van der Waals surface area contributed by atoms with Crippen molar-refractivity contribution in [3.05, 3.63) is 46.0 Å². The van der Waals surface area contributed by atoms with Crippen LogP contribution < -0.4 is 5.69 Å². The van der Waals surface area contributed by atoms with Gasteiger partial charge in [0.05, 0.1) is 40.7 Å². The van der Waals surface area contributed by atoms with Gasteiger partial charge < -0.3 is 19.1 Å². The van der Waals surface area contributed by atoms with Crippen LogP contribution in [0.2, 0.25) is 0 Å². The molecule has 2 aliphatic heterocycles. The first-order valence-corrected chi connectivity index (χ1v) is 10.2. The number of ether oxygens (including phenoxy) is 1. The van der Waals surface area contributed by atoms with Gasteiger partial charge in [0, 0.05) is 19.6 Å². The average Bonchev–Trinajstić information content (AvgIpc) is 3.37. The highest BCUT2D eigenvalue weighted by atomic mass is 32.2. The number of rotatable bonds is 3. The van der Waals surface area contributed by atoms with E-state index in [-0.39, 0.29) is 23.0 Å². The number of imidazole rings is 1. The van der Waals surface area contributed by atoms with Crippen LogP contribution in [0.25, 0.3) is 11.0 Å². The highest BCUT2D eigenvalue weighted by molar-refractivity contribution is 7.89. The fourth-order valence-electron chi connectivity index (χ4n) is 3.62. The molecule has 2 aromatic heterocycles. The van der Waals surface area contributed by atoms with E-state index < -0.39 is 10.0 Å². The first-order chi connectivity index (χ1) is 13.0. The SMILES string of the molecule is O=c1[nH]c2ccc(S(=O)(=O)N3CCc4oc(C5CCOC5)nc4C3)cc2[nH]1. The van der Waals surface area contributed by atoms with E-state index in [0.29, 0.717) is 48.8 Å². The molecule has 0 aliphatic carbocycles. The van der Waals surface area contributed by atoms with E-state index in [9.17, 15) is 13.2 Å². The molecular weight excluding hydrogens is 372 g/mol. The Balaban J connectivity index is 1.44. The summed E-state index contributed by atoms with van der Waals surface area (Å²) < 4.78 is 38.8. The highest BCUT2D eigenvalue weighted by Gasteiger charge is 2.33. The Morgan fingerprint density at radius 2 is 2.07 bits per heavy atom. The Bertz CT molecular complexity index is 1170. The lowest BCUT2D eigenvalue weighted by Gasteiger charge is -2.24. The summed E-state index contributed by atoms with van der Waals surface area (Å²) in [6, 6.07) is 4.56. The fraction of sp³-hybridized carbons (Fsp3) is 0.412. The smallest absolute Gasteiger partial charge is 0.323 e. The third-order valence-corrected chi connectivity index (χ3v) is 6.95. The zero-order valence-corrected chi connectivity index (χ0v) is 15.2. The van der Waals surface area contributed by atoms with Gasteiger partial charge >= 0.3 is 5.69 Å². The summed E-state index contributed by atoms with van der Waals surface area (Å²) in [6.07, 6.45) is 1.36. The molecule has 0 saturated carbocycles. The summed E-state index contributed by atoms with van der Waals surface area (Å²) in [5.74, 6) is 1.55. The van der Waals surface area contributed by atoms with Crippen molar-refractivity contribution >= 4 is 21.1 Å². The lowest BCUT2D eigenvalue weighted by molar-refractivity contribution is 0.190. The number of benzene rings is 1. The van der Waals surface area contributed by atoms with Crippen LogP contribution >= 0.6 is 0 Å².